The third-order valence-electron chi connectivity index (χ3n) is 3.97. The molecule has 4 rings (SSSR count). The van der Waals surface area contributed by atoms with E-state index in [1.807, 2.05) is 24.3 Å². The number of hydrogen-bond donors (Lipinski definition) is 2. The summed E-state index contributed by atoms with van der Waals surface area (Å²) in [7, 11) is 0. The Morgan fingerprint density at radius 2 is 1.88 bits per heavy atom. The number of hydrogen-bond acceptors (Lipinski definition) is 6. The minimum atomic E-state index is -2.26. The van der Waals surface area contributed by atoms with E-state index in [0.29, 0.717) is 23.0 Å². The summed E-state index contributed by atoms with van der Waals surface area (Å²) >= 11 is -2.26. The smallest absolute Gasteiger partial charge is 0.228 e. The van der Waals surface area contributed by atoms with Crippen molar-refractivity contribution >= 4 is 34.3 Å². The quantitative estimate of drug-likeness (QED) is 0.691. The van der Waals surface area contributed by atoms with Crippen molar-refractivity contribution in [1.29, 1.82) is 0 Å². The van der Waals surface area contributed by atoms with Gasteiger partial charge in [0.2, 0.25) is 11.9 Å². The van der Waals surface area contributed by atoms with E-state index >= 15 is 0 Å². The first-order chi connectivity index (χ1) is 12.6. The average Bonchev–Trinajstić information content (AvgIpc) is 2.77. The van der Waals surface area contributed by atoms with Crippen LogP contribution in [-0.2, 0) is 22.3 Å². The number of fused-ring (bicyclic) bond motifs is 3. The Bertz CT molecular complexity index is 1020. The van der Waals surface area contributed by atoms with Crippen LogP contribution in [0.3, 0.4) is 0 Å². The predicted octanol–water partition coefficient (Wildman–Crippen LogP) is 2.62. The molecule has 8 heteroatoms. The normalized spacial score (nSPS) is 13.8. The lowest BCUT2D eigenvalue weighted by molar-refractivity contribution is -0.115. The number of benzene rings is 2. The largest absolute Gasteiger partial charge is 0.768 e. The molecule has 1 aromatic heterocycles. The van der Waals surface area contributed by atoms with Gasteiger partial charge < -0.3 is 15.2 Å². The van der Waals surface area contributed by atoms with Gasteiger partial charge in [-0.05, 0) is 41.4 Å². The second-order valence-corrected chi connectivity index (χ2v) is 6.66. The lowest BCUT2D eigenvalue weighted by Crippen LogP contribution is -2.12. The highest BCUT2D eigenvalue weighted by Crippen LogP contribution is 2.32. The van der Waals surface area contributed by atoms with Crippen LogP contribution < -0.4 is 10.6 Å². The molecule has 2 aromatic carbocycles. The minimum Gasteiger partial charge on any atom is -0.768 e. The number of carbonyl (C=O) groups excluding carboxylic acids is 1. The van der Waals surface area contributed by atoms with E-state index in [4.69, 9.17) is 0 Å². The average molecular weight is 365 g/mol. The van der Waals surface area contributed by atoms with Crippen molar-refractivity contribution in [2.75, 3.05) is 10.6 Å². The van der Waals surface area contributed by atoms with Crippen LogP contribution >= 0.6 is 0 Å². The summed E-state index contributed by atoms with van der Waals surface area (Å²) in [6.07, 6.45) is 1.84. The third kappa shape index (κ3) is 3.19. The number of nitrogens with one attached hydrogen (secondary N) is 2. The molecule has 0 spiro atoms. The zero-order valence-electron chi connectivity index (χ0n) is 13.4. The summed E-state index contributed by atoms with van der Waals surface area (Å²) < 4.78 is 21.9. The van der Waals surface area contributed by atoms with Crippen LogP contribution in [0, 0.1) is 0 Å². The van der Waals surface area contributed by atoms with Crippen LogP contribution in [0.15, 0.2) is 59.6 Å². The number of rotatable bonds is 3. The molecule has 1 amide bonds. The molecule has 7 nitrogen and oxygen atoms in total. The van der Waals surface area contributed by atoms with Gasteiger partial charge in [-0.2, -0.15) is 0 Å². The van der Waals surface area contributed by atoms with E-state index in [1.165, 1.54) is 12.1 Å². The Hall–Kier alpha value is -3.10. The van der Waals surface area contributed by atoms with Crippen LogP contribution in [0.2, 0.25) is 0 Å². The highest BCUT2D eigenvalue weighted by atomic mass is 32.2. The molecule has 1 aliphatic rings. The van der Waals surface area contributed by atoms with Gasteiger partial charge in [-0.25, -0.2) is 9.97 Å². The Kier molecular flexibility index (Phi) is 4.19. The Morgan fingerprint density at radius 1 is 1.12 bits per heavy atom. The number of carbonyl (C=O) groups is 1. The molecule has 130 valence electrons. The van der Waals surface area contributed by atoms with E-state index in [2.05, 4.69) is 20.6 Å². The number of para-hydroxylation sites is 1. The van der Waals surface area contributed by atoms with Crippen LogP contribution in [0.1, 0.15) is 5.56 Å². The molecule has 0 fully saturated rings. The van der Waals surface area contributed by atoms with Crippen molar-refractivity contribution in [2.45, 2.75) is 11.3 Å². The second kappa shape index (κ2) is 6.66. The first-order valence-corrected chi connectivity index (χ1v) is 8.89. The maximum absolute atomic E-state index is 12.0. The molecule has 0 aliphatic carbocycles. The van der Waals surface area contributed by atoms with Gasteiger partial charge in [0.1, 0.15) is 0 Å². The van der Waals surface area contributed by atoms with Crippen LogP contribution in [0.4, 0.5) is 17.3 Å². The lowest BCUT2D eigenvalue weighted by atomic mass is 10.1. The Morgan fingerprint density at radius 3 is 2.65 bits per heavy atom. The molecule has 1 atom stereocenters. The van der Waals surface area contributed by atoms with Gasteiger partial charge in [0.15, 0.2) is 0 Å². The number of anilines is 3. The zero-order valence-corrected chi connectivity index (χ0v) is 14.2. The molecule has 0 saturated heterocycles. The van der Waals surface area contributed by atoms with Gasteiger partial charge in [-0.3, -0.25) is 9.00 Å². The van der Waals surface area contributed by atoms with Crippen LogP contribution in [0.25, 0.3) is 11.3 Å². The molecule has 0 bridgehead atoms. The molecule has 2 N–H and O–H groups in total. The molecule has 26 heavy (non-hydrogen) atoms. The van der Waals surface area contributed by atoms with E-state index in [-0.39, 0.29) is 17.2 Å². The van der Waals surface area contributed by atoms with Crippen molar-refractivity contribution < 1.29 is 13.6 Å². The fourth-order valence-corrected chi connectivity index (χ4v) is 3.13. The highest BCUT2D eigenvalue weighted by Gasteiger charge is 2.20. The molecular weight excluding hydrogens is 352 g/mol. The molecule has 0 radical (unpaired) electrons. The second-order valence-electron chi connectivity index (χ2n) is 5.72. The lowest BCUT2D eigenvalue weighted by Gasteiger charge is -2.11. The van der Waals surface area contributed by atoms with Crippen LogP contribution in [-0.4, -0.2) is 24.6 Å². The van der Waals surface area contributed by atoms with Gasteiger partial charge >= 0.3 is 0 Å². The van der Waals surface area contributed by atoms with Gasteiger partial charge in [-0.15, -0.1) is 0 Å². The van der Waals surface area contributed by atoms with Crippen molar-refractivity contribution in [1.82, 2.24) is 9.97 Å². The van der Waals surface area contributed by atoms with E-state index in [0.717, 1.165) is 11.1 Å². The van der Waals surface area contributed by atoms with Crippen molar-refractivity contribution in [3.8, 4) is 11.3 Å². The van der Waals surface area contributed by atoms with Gasteiger partial charge in [-0.1, -0.05) is 18.2 Å². The summed E-state index contributed by atoms with van der Waals surface area (Å²) in [4.78, 5) is 21.1. The van der Waals surface area contributed by atoms with E-state index in [9.17, 15) is 13.6 Å². The molecule has 0 saturated carbocycles. The standard InChI is InChI=1S/C18H14N4O3S/c23-16-9-11-10-19-18(20-12-5-7-13(8-6-12)26(24)25)22-17(11)14-3-1-2-4-15(14)21-16/h1-8,10H,9H2,(H,21,23)(H,24,25)(H,19,20,22)/p-1. The fourth-order valence-electron chi connectivity index (χ4n) is 2.77. The van der Waals surface area contributed by atoms with Gasteiger partial charge in [0.25, 0.3) is 0 Å². The van der Waals surface area contributed by atoms with E-state index in [1.54, 1.807) is 18.3 Å². The Balaban J connectivity index is 1.70. The van der Waals surface area contributed by atoms with Crippen molar-refractivity contribution in [3.63, 3.8) is 0 Å². The summed E-state index contributed by atoms with van der Waals surface area (Å²) in [6.45, 7) is 0. The summed E-state index contributed by atoms with van der Waals surface area (Å²) in [5, 5.41) is 5.92. The topological polar surface area (TPSA) is 107 Å². The molecule has 1 aliphatic heterocycles. The number of aromatic nitrogens is 2. The summed E-state index contributed by atoms with van der Waals surface area (Å²) in [6, 6.07) is 13.7. The predicted molar refractivity (Wildman–Crippen MR) is 96.7 cm³/mol. The molecular formula is C18H13N4O3S-. The molecule has 2 heterocycles. The fraction of sp³-hybridized carbons (Fsp3) is 0.0556. The van der Waals surface area contributed by atoms with E-state index < -0.39 is 11.1 Å². The first-order valence-electron chi connectivity index (χ1n) is 7.82. The molecule has 1 unspecified atom stereocenters. The maximum Gasteiger partial charge on any atom is 0.228 e. The van der Waals surface area contributed by atoms with Gasteiger partial charge in [0, 0.05) is 27.9 Å². The zero-order chi connectivity index (χ0) is 18.1. The number of nitrogens with zero attached hydrogens (tertiary/aromatic N) is 2. The van der Waals surface area contributed by atoms with Crippen molar-refractivity contribution in [3.05, 3.63) is 60.3 Å². The van der Waals surface area contributed by atoms with Crippen molar-refractivity contribution in [2.24, 2.45) is 0 Å². The SMILES string of the molecule is O=C1Cc2cnc(Nc3ccc(S(=O)[O-])cc3)nc2-c2ccccc2N1. The Labute approximate surface area is 151 Å². The number of amides is 1. The maximum atomic E-state index is 12.0. The minimum absolute atomic E-state index is 0.110. The monoisotopic (exact) mass is 365 g/mol. The summed E-state index contributed by atoms with van der Waals surface area (Å²) in [5.41, 5.74) is 3.64. The third-order valence-corrected chi connectivity index (χ3v) is 4.63. The highest BCUT2D eigenvalue weighted by molar-refractivity contribution is 7.79. The molecule has 3 aromatic rings. The van der Waals surface area contributed by atoms with Gasteiger partial charge in [0.05, 0.1) is 17.8 Å². The summed E-state index contributed by atoms with van der Waals surface area (Å²) in [5.74, 6) is 0.255. The first kappa shape index (κ1) is 16.4. The van der Waals surface area contributed by atoms with Crippen LogP contribution in [0.5, 0.6) is 0 Å².